The van der Waals surface area contributed by atoms with Gasteiger partial charge in [0.05, 0.1) is 0 Å². The number of likely N-dealkylation sites (tertiary alicyclic amines) is 1. The van der Waals surface area contributed by atoms with Gasteiger partial charge in [0.2, 0.25) is 0 Å². The van der Waals surface area contributed by atoms with E-state index in [1.165, 1.54) is 64.6 Å². The molecule has 1 saturated heterocycles. The maximum absolute atomic E-state index is 8.79. The van der Waals surface area contributed by atoms with Gasteiger partial charge in [-0.1, -0.05) is 23.3 Å². The highest BCUT2D eigenvalue weighted by Gasteiger charge is 2.11. The van der Waals surface area contributed by atoms with Gasteiger partial charge in [-0.3, -0.25) is 0 Å². The fraction of sp³-hybridized carbons (Fsp3) is 0.765. The van der Waals surface area contributed by atoms with Crippen LogP contribution >= 0.6 is 0 Å². The molecule has 1 heterocycles. The lowest BCUT2D eigenvalue weighted by molar-refractivity contribution is 0.284. The minimum atomic E-state index is 0.338. The van der Waals surface area contributed by atoms with Gasteiger partial charge in [0.1, 0.15) is 0 Å². The van der Waals surface area contributed by atoms with Crippen LogP contribution in [0, 0.1) is 0 Å². The number of hydrogen-bond acceptors (Lipinski definition) is 2. The quantitative estimate of drug-likeness (QED) is 0.675. The first-order chi connectivity index (χ1) is 9.38. The molecule has 0 radical (unpaired) electrons. The summed E-state index contributed by atoms with van der Waals surface area (Å²) in [6.45, 7) is 4.29. The van der Waals surface area contributed by atoms with E-state index >= 15 is 0 Å². The van der Waals surface area contributed by atoms with Crippen LogP contribution in [0.2, 0.25) is 0 Å². The summed E-state index contributed by atoms with van der Waals surface area (Å²) in [4.78, 5) is 2.61. The van der Waals surface area contributed by atoms with Crippen LogP contribution in [0.4, 0.5) is 0 Å². The van der Waals surface area contributed by atoms with Crippen LogP contribution in [0.3, 0.4) is 0 Å². The number of hydrogen-bond donors (Lipinski definition) is 1. The van der Waals surface area contributed by atoms with Gasteiger partial charge in [0.25, 0.3) is 0 Å². The van der Waals surface area contributed by atoms with E-state index in [9.17, 15) is 0 Å². The van der Waals surface area contributed by atoms with Crippen LogP contribution in [0.15, 0.2) is 23.3 Å². The van der Waals surface area contributed by atoms with Crippen molar-refractivity contribution in [2.45, 2.75) is 57.8 Å². The number of aliphatic hydroxyl groups excluding tert-OH is 1. The molecule has 0 aromatic heterocycles. The standard InChI is InChI=1S/C17H29NO/c19-15-4-1-6-16-8-10-17(11-9-16)7-5-14-18-12-2-3-13-18/h8,10,19H,1-7,9,11-15H2. The molecule has 1 aliphatic heterocycles. The van der Waals surface area contributed by atoms with Crippen LogP contribution in [-0.2, 0) is 0 Å². The van der Waals surface area contributed by atoms with Crippen molar-refractivity contribution in [2.24, 2.45) is 0 Å². The van der Waals surface area contributed by atoms with Gasteiger partial charge in [-0.15, -0.1) is 0 Å². The first-order valence-electron chi connectivity index (χ1n) is 8.09. The Hall–Kier alpha value is -0.600. The molecule has 2 nitrogen and oxygen atoms in total. The lowest BCUT2D eigenvalue weighted by atomic mass is 9.92. The average molecular weight is 263 g/mol. The van der Waals surface area contributed by atoms with Crippen LogP contribution in [-0.4, -0.2) is 36.2 Å². The third-order valence-electron chi connectivity index (χ3n) is 4.40. The van der Waals surface area contributed by atoms with Gasteiger partial charge in [-0.05, 0) is 77.4 Å². The topological polar surface area (TPSA) is 23.5 Å². The van der Waals surface area contributed by atoms with Crippen LogP contribution in [0.25, 0.3) is 0 Å². The Morgan fingerprint density at radius 3 is 2.11 bits per heavy atom. The summed E-state index contributed by atoms with van der Waals surface area (Å²) in [5.41, 5.74) is 3.22. The first kappa shape index (κ1) is 14.8. The Morgan fingerprint density at radius 2 is 1.53 bits per heavy atom. The summed E-state index contributed by atoms with van der Waals surface area (Å²) in [5, 5.41) is 8.79. The smallest absolute Gasteiger partial charge is 0.0431 e. The second kappa shape index (κ2) is 8.55. The minimum absolute atomic E-state index is 0.338. The molecule has 1 aliphatic carbocycles. The zero-order valence-electron chi connectivity index (χ0n) is 12.2. The van der Waals surface area contributed by atoms with Crippen molar-refractivity contribution in [3.05, 3.63) is 23.3 Å². The zero-order chi connectivity index (χ0) is 13.3. The van der Waals surface area contributed by atoms with E-state index in [-0.39, 0.29) is 0 Å². The van der Waals surface area contributed by atoms with Gasteiger partial charge in [0.15, 0.2) is 0 Å². The number of nitrogens with zero attached hydrogens (tertiary/aromatic N) is 1. The fourth-order valence-electron chi connectivity index (χ4n) is 3.14. The molecule has 2 rings (SSSR count). The van der Waals surface area contributed by atoms with Crippen molar-refractivity contribution in [1.82, 2.24) is 4.90 Å². The van der Waals surface area contributed by atoms with E-state index in [0.29, 0.717) is 6.61 Å². The Morgan fingerprint density at radius 1 is 0.895 bits per heavy atom. The van der Waals surface area contributed by atoms with Gasteiger partial charge in [-0.2, -0.15) is 0 Å². The Kier molecular flexibility index (Phi) is 6.66. The second-order valence-corrected chi connectivity index (χ2v) is 5.98. The molecule has 2 aliphatic rings. The third-order valence-corrected chi connectivity index (χ3v) is 4.40. The maximum atomic E-state index is 8.79. The highest BCUT2D eigenvalue weighted by molar-refractivity contribution is 5.23. The van der Waals surface area contributed by atoms with E-state index in [0.717, 1.165) is 12.8 Å². The predicted molar refractivity (Wildman–Crippen MR) is 81.2 cm³/mol. The number of unbranched alkanes of at least 4 members (excludes halogenated alkanes) is 1. The molecule has 0 unspecified atom stereocenters. The lowest BCUT2D eigenvalue weighted by Gasteiger charge is -2.17. The highest BCUT2D eigenvalue weighted by Crippen LogP contribution is 2.25. The monoisotopic (exact) mass is 263 g/mol. The summed E-state index contributed by atoms with van der Waals surface area (Å²) in [5.74, 6) is 0. The van der Waals surface area contributed by atoms with Gasteiger partial charge < -0.3 is 10.0 Å². The molecule has 0 aromatic rings. The van der Waals surface area contributed by atoms with Crippen molar-refractivity contribution in [3.63, 3.8) is 0 Å². The molecule has 19 heavy (non-hydrogen) atoms. The van der Waals surface area contributed by atoms with Gasteiger partial charge in [0, 0.05) is 6.61 Å². The molecule has 0 amide bonds. The lowest BCUT2D eigenvalue weighted by Crippen LogP contribution is -2.20. The van der Waals surface area contributed by atoms with Crippen molar-refractivity contribution >= 4 is 0 Å². The number of aliphatic hydroxyl groups is 1. The van der Waals surface area contributed by atoms with Crippen molar-refractivity contribution in [2.75, 3.05) is 26.2 Å². The summed E-state index contributed by atoms with van der Waals surface area (Å²) >= 11 is 0. The SMILES string of the molecule is OCCCCC1=CC=C(CCCN2CCCC2)CC1. The Labute approximate surface area is 118 Å². The van der Waals surface area contributed by atoms with Crippen molar-refractivity contribution < 1.29 is 5.11 Å². The summed E-state index contributed by atoms with van der Waals surface area (Å²) in [6, 6.07) is 0. The molecule has 108 valence electrons. The fourth-order valence-corrected chi connectivity index (χ4v) is 3.14. The second-order valence-electron chi connectivity index (χ2n) is 5.98. The molecular weight excluding hydrogens is 234 g/mol. The molecule has 0 bridgehead atoms. The van der Waals surface area contributed by atoms with Crippen molar-refractivity contribution in [1.29, 1.82) is 0 Å². The van der Waals surface area contributed by atoms with Crippen molar-refractivity contribution in [3.8, 4) is 0 Å². The summed E-state index contributed by atoms with van der Waals surface area (Å²) in [6.07, 6.45) is 15.9. The van der Waals surface area contributed by atoms with Gasteiger partial charge in [-0.25, -0.2) is 0 Å². The third kappa shape index (κ3) is 5.50. The largest absolute Gasteiger partial charge is 0.396 e. The van der Waals surface area contributed by atoms with E-state index in [1.807, 2.05) is 0 Å². The molecule has 0 saturated carbocycles. The minimum Gasteiger partial charge on any atom is -0.396 e. The van der Waals surface area contributed by atoms with Gasteiger partial charge >= 0.3 is 0 Å². The maximum Gasteiger partial charge on any atom is 0.0431 e. The number of allylic oxidation sites excluding steroid dienone is 4. The van der Waals surface area contributed by atoms with E-state index < -0.39 is 0 Å². The molecule has 1 N–H and O–H groups in total. The Balaban J connectivity index is 1.62. The van der Waals surface area contributed by atoms with Crippen LogP contribution < -0.4 is 0 Å². The first-order valence-corrected chi connectivity index (χ1v) is 8.09. The summed E-state index contributed by atoms with van der Waals surface area (Å²) in [7, 11) is 0. The number of rotatable bonds is 8. The Bertz CT molecular complexity index is 313. The molecule has 1 fully saturated rings. The molecule has 0 spiro atoms. The molecular formula is C17H29NO. The van der Waals surface area contributed by atoms with Crippen LogP contribution in [0.1, 0.15) is 57.8 Å². The predicted octanol–water partition coefficient (Wildman–Crippen LogP) is 3.67. The normalized spacial score (nSPS) is 20.5. The molecule has 2 heteroatoms. The zero-order valence-corrected chi connectivity index (χ0v) is 12.2. The molecule has 0 aromatic carbocycles. The average Bonchev–Trinajstić information content (AvgIpc) is 2.94. The highest BCUT2D eigenvalue weighted by atomic mass is 16.2. The van der Waals surface area contributed by atoms with Crippen LogP contribution in [0.5, 0.6) is 0 Å². The molecule has 0 atom stereocenters. The summed E-state index contributed by atoms with van der Waals surface area (Å²) < 4.78 is 0. The van der Waals surface area contributed by atoms with E-state index in [1.54, 1.807) is 11.1 Å². The van der Waals surface area contributed by atoms with E-state index in [4.69, 9.17) is 5.11 Å². The van der Waals surface area contributed by atoms with E-state index in [2.05, 4.69) is 17.1 Å².